The minimum Gasteiger partial charge on any atom is -0.480 e. The van der Waals surface area contributed by atoms with Crippen LogP contribution in [0.15, 0.2) is 24.3 Å². The largest absolute Gasteiger partial charge is 0.480 e. The highest BCUT2D eigenvalue weighted by atomic mass is 16.5. The van der Waals surface area contributed by atoms with Crippen LogP contribution in [0, 0.1) is 0 Å². The van der Waals surface area contributed by atoms with Crippen molar-refractivity contribution in [3.63, 3.8) is 0 Å². The van der Waals surface area contributed by atoms with Gasteiger partial charge >= 0.3 is 5.97 Å². The molecule has 0 aliphatic carbocycles. The van der Waals surface area contributed by atoms with Gasteiger partial charge in [-0.05, 0) is 12.1 Å². The van der Waals surface area contributed by atoms with Crippen molar-refractivity contribution in [3.05, 3.63) is 24.3 Å². The van der Waals surface area contributed by atoms with E-state index >= 15 is 0 Å². The topological polar surface area (TPSA) is 102 Å². The van der Waals surface area contributed by atoms with E-state index in [1.807, 2.05) is 0 Å². The van der Waals surface area contributed by atoms with Gasteiger partial charge in [-0.1, -0.05) is 12.1 Å². The zero-order valence-corrected chi connectivity index (χ0v) is 9.18. The van der Waals surface area contributed by atoms with Crippen molar-refractivity contribution >= 4 is 17.6 Å². The molecule has 1 amide bonds. The predicted octanol–water partition coefficient (Wildman–Crippen LogP) is 0.437. The summed E-state index contributed by atoms with van der Waals surface area (Å²) in [6, 6.07) is 6.62. The standard InChI is InChI=1S/C11H14N2O4/c12-6-5-10(14)13-8-3-1-2-4-9(8)17-7-11(15)16/h1-4H,5-7,12H2,(H,13,14)(H,15,16). The number of carbonyl (C=O) groups is 2. The Balaban J connectivity index is 2.70. The number of ether oxygens (including phenoxy) is 1. The summed E-state index contributed by atoms with van der Waals surface area (Å²) in [6.45, 7) is -0.201. The molecule has 92 valence electrons. The van der Waals surface area contributed by atoms with Crippen LogP contribution in [-0.2, 0) is 9.59 Å². The molecule has 6 heteroatoms. The van der Waals surface area contributed by atoms with Crippen LogP contribution >= 0.6 is 0 Å². The molecule has 0 aliphatic heterocycles. The molecule has 0 saturated carbocycles. The van der Waals surface area contributed by atoms with E-state index in [1.54, 1.807) is 24.3 Å². The van der Waals surface area contributed by atoms with E-state index in [2.05, 4.69) is 5.32 Å². The summed E-state index contributed by atoms with van der Waals surface area (Å²) in [5, 5.41) is 11.1. The first-order valence-electron chi connectivity index (χ1n) is 5.07. The molecule has 0 atom stereocenters. The fourth-order valence-electron chi connectivity index (χ4n) is 1.18. The number of carboxylic acids is 1. The predicted molar refractivity (Wildman–Crippen MR) is 61.9 cm³/mol. The number of para-hydroxylation sites is 2. The normalized spacial score (nSPS) is 9.71. The number of carboxylic acid groups (broad SMARTS) is 1. The van der Waals surface area contributed by atoms with Crippen molar-refractivity contribution in [2.45, 2.75) is 6.42 Å². The Morgan fingerprint density at radius 1 is 1.35 bits per heavy atom. The summed E-state index contributed by atoms with van der Waals surface area (Å²) < 4.78 is 5.03. The highest BCUT2D eigenvalue weighted by Crippen LogP contribution is 2.23. The molecule has 17 heavy (non-hydrogen) atoms. The molecule has 0 saturated heterocycles. The van der Waals surface area contributed by atoms with Crippen molar-refractivity contribution in [1.29, 1.82) is 0 Å². The first kappa shape index (κ1) is 13.0. The van der Waals surface area contributed by atoms with Gasteiger partial charge in [-0.25, -0.2) is 4.79 Å². The number of nitrogens with one attached hydrogen (secondary N) is 1. The van der Waals surface area contributed by atoms with Crippen LogP contribution in [0.3, 0.4) is 0 Å². The van der Waals surface area contributed by atoms with E-state index in [9.17, 15) is 9.59 Å². The van der Waals surface area contributed by atoms with Crippen LogP contribution in [0.25, 0.3) is 0 Å². The average Bonchev–Trinajstić information content (AvgIpc) is 2.28. The first-order valence-corrected chi connectivity index (χ1v) is 5.07. The maximum atomic E-state index is 11.3. The van der Waals surface area contributed by atoms with Gasteiger partial charge in [0.15, 0.2) is 6.61 Å². The van der Waals surface area contributed by atoms with Gasteiger partial charge in [-0.2, -0.15) is 0 Å². The SMILES string of the molecule is NCCC(=O)Nc1ccccc1OCC(=O)O. The number of hydrogen-bond donors (Lipinski definition) is 3. The summed E-state index contributed by atoms with van der Waals surface area (Å²) in [5.41, 5.74) is 5.69. The van der Waals surface area contributed by atoms with E-state index in [4.69, 9.17) is 15.6 Å². The number of anilines is 1. The highest BCUT2D eigenvalue weighted by molar-refractivity contribution is 5.92. The molecule has 0 radical (unpaired) electrons. The van der Waals surface area contributed by atoms with Crippen LogP contribution < -0.4 is 15.8 Å². The molecule has 0 aliphatic rings. The lowest BCUT2D eigenvalue weighted by Crippen LogP contribution is -2.17. The highest BCUT2D eigenvalue weighted by Gasteiger charge is 2.07. The van der Waals surface area contributed by atoms with E-state index in [0.717, 1.165) is 0 Å². The number of carbonyl (C=O) groups excluding carboxylic acids is 1. The molecule has 0 spiro atoms. The second-order valence-corrected chi connectivity index (χ2v) is 3.27. The van der Waals surface area contributed by atoms with E-state index in [0.29, 0.717) is 11.4 Å². The molecule has 6 nitrogen and oxygen atoms in total. The molecule has 0 heterocycles. The third-order valence-electron chi connectivity index (χ3n) is 1.88. The minimum atomic E-state index is -1.08. The second-order valence-electron chi connectivity index (χ2n) is 3.27. The molecular weight excluding hydrogens is 224 g/mol. The van der Waals surface area contributed by atoms with E-state index in [-0.39, 0.29) is 18.9 Å². The molecular formula is C11H14N2O4. The molecule has 1 aromatic rings. The van der Waals surface area contributed by atoms with Gasteiger partial charge in [-0.15, -0.1) is 0 Å². The van der Waals surface area contributed by atoms with E-state index in [1.165, 1.54) is 0 Å². The van der Waals surface area contributed by atoms with Gasteiger partial charge in [0.2, 0.25) is 5.91 Å². The summed E-state index contributed by atoms with van der Waals surface area (Å²) in [6.07, 6.45) is 0.202. The van der Waals surface area contributed by atoms with Gasteiger partial charge in [0.25, 0.3) is 0 Å². The fraction of sp³-hybridized carbons (Fsp3) is 0.273. The Morgan fingerprint density at radius 3 is 2.71 bits per heavy atom. The third-order valence-corrected chi connectivity index (χ3v) is 1.88. The maximum absolute atomic E-state index is 11.3. The Labute approximate surface area is 98.4 Å². The van der Waals surface area contributed by atoms with Crippen molar-refractivity contribution in [2.24, 2.45) is 5.73 Å². The fourth-order valence-corrected chi connectivity index (χ4v) is 1.18. The zero-order chi connectivity index (χ0) is 12.7. The van der Waals surface area contributed by atoms with Crippen LogP contribution in [0.4, 0.5) is 5.69 Å². The summed E-state index contributed by atoms with van der Waals surface area (Å²) in [7, 11) is 0. The summed E-state index contributed by atoms with van der Waals surface area (Å²) in [4.78, 5) is 21.7. The Kier molecular flexibility index (Phi) is 4.96. The maximum Gasteiger partial charge on any atom is 0.341 e. The quantitative estimate of drug-likeness (QED) is 0.667. The lowest BCUT2D eigenvalue weighted by atomic mass is 10.3. The zero-order valence-electron chi connectivity index (χ0n) is 9.18. The van der Waals surface area contributed by atoms with Crippen molar-refractivity contribution in [3.8, 4) is 5.75 Å². The molecule has 0 aromatic heterocycles. The van der Waals surface area contributed by atoms with Gasteiger partial charge in [0.1, 0.15) is 5.75 Å². The lowest BCUT2D eigenvalue weighted by Gasteiger charge is -2.10. The smallest absolute Gasteiger partial charge is 0.341 e. The van der Waals surface area contributed by atoms with Crippen LogP contribution in [-0.4, -0.2) is 30.1 Å². The summed E-state index contributed by atoms with van der Waals surface area (Å²) in [5.74, 6) is -0.993. The van der Waals surface area contributed by atoms with Gasteiger partial charge < -0.3 is 20.9 Å². The first-order chi connectivity index (χ1) is 8.13. The monoisotopic (exact) mass is 238 g/mol. The van der Waals surface area contributed by atoms with Crippen LogP contribution in [0.2, 0.25) is 0 Å². The van der Waals surface area contributed by atoms with Gasteiger partial charge in [-0.3, -0.25) is 4.79 Å². The number of rotatable bonds is 6. The number of amides is 1. The Hall–Kier alpha value is -2.08. The molecule has 0 unspecified atom stereocenters. The van der Waals surface area contributed by atoms with Gasteiger partial charge in [0, 0.05) is 13.0 Å². The molecule has 1 rings (SSSR count). The van der Waals surface area contributed by atoms with E-state index < -0.39 is 12.6 Å². The van der Waals surface area contributed by atoms with Crippen molar-refractivity contribution < 1.29 is 19.4 Å². The van der Waals surface area contributed by atoms with Crippen molar-refractivity contribution in [2.75, 3.05) is 18.5 Å². The Bertz CT molecular complexity index is 406. The van der Waals surface area contributed by atoms with Crippen LogP contribution in [0.1, 0.15) is 6.42 Å². The van der Waals surface area contributed by atoms with Crippen LogP contribution in [0.5, 0.6) is 5.75 Å². The minimum absolute atomic E-state index is 0.202. The molecule has 4 N–H and O–H groups in total. The number of benzene rings is 1. The number of aliphatic carboxylic acids is 1. The Morgan fingerprint density at radius 2 is 2.06 bits per heavy atom. The number of hydrogen-bond acceptors (Lipinski definition) is 4. The summed E-state index contributed by atoms with van der Waals surface area (Å²) >= 11 is 0. The number of nitrogens with two attached hydrogens (primary N) is 1. The molecule has 0 bridgehead atoms. The van der Waals surface area contributed by atoms with Crippen molar-refractivity contribution in [1.82, 2.24) is 0 Å². The second kappa shape index (κ2) is 6.49. The van der Waals surface area contributed by atoms with Gasteiger partial charge in [0.05, 0.1) is 5.69 Å². The lowest BCUT2D eigenvalue weighted by molar-refractivity contribution is -0.139. The molecule has 1 aromatic carbocycles. The molecule has 0 fully saturated rings. The third kappa shape index (κ3) is 4.52. The average molecular weight is 238 g/mol.